The Kier molecular flexibility index (Phi) is 5.56. The van der Waals surface area contributed by atoms with Crippen molar-refractivity contribution in [3.63, 3.8) is 0 Å². The van der Waals surface area contributed by atoms with Crippen molar-refractivity contribution >= 4 is 45.0 Å². The summed E-state index contributed by atoms with van der Waals surface area (Å²) < 4.78 is 2.04. The summed E-state index contributed by atoms with van der Waals surface area (Å²) in [5.41, 5.74) is 3.35. The molecule has 1 aliphatic carbocycles. The SMILES string of the molecule is CSc1nc2ncnc(NCc3ccc(N4CCN(CC5CC5)CC4)cc3)c2s1. The Balaban J connectivity index is 1.18. The summed E-state index contributed by atoms with van der Waals surface area (Å²) in [5, 5.41) is 3.46. The maximum Gasteiger partial charge on any atom is 0.176 e. The van der Waals surface area contributed by atoms with Crippen LogP contribution in [0.25, 0.3) is 10.3 Å². The van der Waals surface area contributed by atoms with Crippen LogP contribution in [0.3, 0.4) is 0 Å². The fraction of sp³-hybridized carbons (Fsp3) is 0.476. The van der Waals surface area contributed by atoms with E-state index in [0.717, 1.165) is 46.1 Å². The zero-order chi connectivity index (χ0) is 19.6. The van der Waals surface area contributed by atoms with Gasteiger partial charge in [-0.1, -0.05) is 23.9 Å². The van der Waals surface area contributed by atoms with Gasteiger partial charge < -0.3 is 10.2 Å². The average Bonchev–Trinajstić information content (AvgIpc) is 3.47. The number of benzene rings is 1. The fourth-order valence-electron chi connectivity index (χ4n) is 3.81. The van der Waals surface area contributed by atoms with Crippen LogP contribution in [0.1, 0.15) is 18.4 Å². The number of hydrogen-bond donors (Lipinski definition) is 1. The smallest absolute Gasteiger partial charge is 0.176 e. The standard InChI is InChI=1S/C21H26N6S2/c1-28-21-25-20-18(29-21)19(23-14-24-20)22-12-15-4-6-17(7-5-15)27-10-8-26(9-11-27)13-16-2-3-16/h4-7,14,16H,2-3,8-13H2,1H3,(H,22,23,24). The molecular formula is C21H26N6S2. The molecule has 0 atom stereocenters. The van der Waals surface area contributed by atoms with Crippen LogP contribution in [0.5, 0.6) is 0 Å². The van der Waals surface area contributed by atoms with Crippen LogP contribution < -0.4 is 10.2 Å². The van der Waals surface area contributed by atoms with Crippen LogP contribution in [-0.4, -0.2) is 58.8 Å². The number of fused-ring (bicyclic) bond motifs is 1. The number of anilines is 2. The molecule has 1 N–H and O–H groups in total. The molecule has 29 heavy (non-hydrogen) atoms. The number of piperazine rings is 1. The average molecular weight is 427 g/mol. The number of nitrogens with zero attached hydrogens (tertiary/aromatic N) is 5. The second-order valence-corrected chi connectivity index (χ2v) is 9.86. The molecule has 0 radical (unpaired) electrons. The molecule has 2 fully saturated rings. The first-order chi connectivity index (χ1) is 14.3. The van der Waals surface area contributed by atoms with E-state index in [0.29, 0.717) is 0 Å². The van der Waals surface area contributed by atoms with Crippen LogP contribution in [-0.2, 0) is 6.54 Å². The fourth-order valence-corrected chi connectivity index (χ4v) is 5.29. The van der Waals surface area contributed by atoms with E-state index in [-0.39, 0.29) is 0 Å². The Hall–Kier alpha value is -1.90. The van der Waals surface area contributed by atoms with E-state index in [1.165, 1.54) is 43.7 Å². The van der Waals surface area contributed by atoms with E-state index in [1.807, 2.05) is 6.26 Å². The molecule has 0 bridgehead atoms. The predicted molar refractivity (Wildman–Crippen MR) is 122 cm³/mol. The lowest BCUT2D eigenvalue weighted by atomic mass is 10.1. The first-order valence-corrected chi connectivity index (χ1v) is 12.3. The van der Waals surface area contributed by atoms with Crippen molar-refractivity contribution in [3.8, 4) is 0 Å². The molecule has 0 spiro atoms. The maximum atomic E-state index is 4.52. The van der Waals surface area contributed by atoms with Gasteiger partial charge in [0.1, 0.15) is 16.8 Å². The van der Waals surface area contributed by atoms with Gasteiger partial charge in [0.25, 0.3) is 0 Å². The zero-order valence-electron chi connectivity index (χ0n) is 16.7. The molecule has 3 aromatic rings. The van der Waals surface area contributed by atoms with Crippen LogP contribution in [0.2, 0.25) is 0 Å². The van der Waals surface area contributed by atoms with Crippen LogP contribution in [0, 0.1) is 5.92 Å². The Labute approximate surface area is 179 Å². The van der Waals surface area contributed by atoms with Gasteiger partial charge >= 0.3 is 0 Å². The van der Waals surface area contributed by atoms with Gasteiger partial charge in [0, 0.05) is 45.0 Å². The number of thiazole rings is 1. The van der Waals surface area contributed by atoms with Crippen molar-refractivity contribution in [2.75, 3.05) is 49.2 Å². The second-order valence-electron chi connectivity index (χ2n) is 7.81. The summed E-state index contributed by atoms with van der Waals surface area (Å²) in [5.74, 6) is 1.85. The van der Waals surface area contributed by atoms with Gasteiger partial charge in [-0.15, -0.1) is 11.3 Å². The summed E-state index contributed by atoms with van der Waals surface area (Å²) in [4.78, 5) is 18.4. The molecule has 3 heterocycles. The van der Waals surface area contributed by atoms with Gasteiger partial charge in [-0.2, -0.15) is 0 Å². The molecule has 1 saturated carbocycles. The first kappa shape index (κ1) is 19.1. The Bertz CT molecular complexity index is 961. The van der Waals surface area contributed by atoms with E-state index in [1.54, 1.807) is 29.4 Å². The van der Waals surface area contributed by atoms with Gasteiger partial charge in [0.2, 0.25) is 0 Å². The summed E-state index contributed by atoms with van der Waals surface area (Å²) in [6, 6.07) is 8.94. The third kappa shape index (κ3) is 4.49. The summed E-state index contributed by atoms with van der Waals surface area (Å²) in [6.07, 6.45) is 6.50. The van der Waals surface area contributed by atoms with Gasteiger partial charge in [-0.05, 0) is 42.7 Å². The second kappa shape index (κ2) is 8.45. The van der Waals surface area contributed by atoms with E-state index in [4.69, 9.17) is 0 Å². The first-order valence-electron chi connectivity index (χ1n) is 10.2. The number of hydrogen-bond acceptors (Lipinski definition) is 8. The number of aromatic nitrogens is 3. The molecule has 2 aliphatic rings. The largest absolute Gasteiger partial charge is 0.369 e. The van der Waals surface area contributed by atoms with Crippen molar-refractivity contribution < 1.29 is 0 Å². The minimum absolute atomic E-state index is 0.744. The molecule has 2 aromatic heterocycles. The minimum Gasteiger partial charge on any atom is -0.369 e. The van der Waals surface area contributed by atoms with Gasteiger partial charge in [-0.25, -0.2) is 15.0 Å². The molecule has 1 saturated heterocycles. The van der Waals surface area contributed by atoms with Crippen molar-refractivity contribution in [3.05, 3.63) is 36.2 Å². The summed E-state index contributed by atoms with van der Waals surface area (Å²) in [6.45, 7) is 6.70. The lowest BCUT2D eigenvalue weighted by Crippen LogP contribution is -2.47. The Morgan fingerprint density at radius 1 is 1.10 bits per heavy atom. The molecule has 0 amide bonds. The number of rotatable bonds is 7. The third-order valence-corrected chi connectivity index (χ3v) is 7.73. The molecule has 5 rings (SSSR count). The molecule has 1 aromatic carbocycles. The number of nitrogens with one attached hydrogen (secondary N) is 1. The van der Waals surface area contributed by atoms with Crippen molar-refractivity contribution in [2.24, 2.45) is 5.92 Å². The molecule has 6 nitrogen and oxygen atoms in total. The van der Waals surface area contributed by atoms with Crippen LogP contribution >= 0.6 is 23.1 Å². The lowest BCUT2D eigenvalue weighted by Gasteiger charge is -2.36. The molecule has 0 unspecified atom stereocenters. The van der Waals surface area contributed by atoms with Crippen molar-refractivity contribution in [2.45, 2.75) is 23.7 Å². The topological polar surface area (TPSA) is 57.2 Å². The van der Waals surface area contributed by atoms with Crippen LogP contribution in [0.4, 0.5) is 11.5 Å². The Morgan fingerprint density at radius 3 is 2.62 bits per heavy atom. The maximum absolute atomic E-state index is 4.52. The Morgan fingerprint density at radius 2 is 1.90 bits per heavy atom. The predicted octanol–water partition coefficient (Wildman–Crippen LogP) is 3.95. The molecular weight excluding hydrogens is 400 g/mol. The monoisotopic (exact) mass is 426 g/mol. The van der Waals surface area contributed by atoms with Gasteiger partial charge in [0.15, 0.2) is 9.99 Å². The minimum atomic E-state index is 0.744. The number of thioether (sulfide) groups is 1. The highest BCUT2D eigenvalue weighted by molar-refractivity contribution is 8.00. The molecule has 152 valence electrons. The van der Waals surface area contributed by atoms with Crippen molar-refractivity contribution in [1.29, 1.82) is 0 Å². The zero-order valence-corrected chi connectivity index (χ0v) is 18.3. The van der Waals surface area contributed by atoms with E-state index in [9.17, 15) is 0 Å². The molecule has 1 aliphatic heterocycles. The quantitative estimate of drug-likeness (QED) is 0.574. The summed E-state index contributed by atoms with van der Waals surface area (Å²) >= 11 is 3.28. The third-order valence-electron chi connectivity index (χ3n) is 5.69. The highest BCUT2D eigenvalue weighted by atomic mass is 32.2. The molecule has 8 heteroatoms. The van der Waals surface area contributed by atoms with Crippen LogP contribution in [0.15, 0.2) is 34.9 Å². The lowest BCUT2D eigenvalue weighted by molar-refractivity contribution is 0.248. The highest BCUT2D eigenvalue weighted by Crippen LogP contribution is 2.31. The van der Waals surface area contributed by atoms with Gasteiger partial charge in [-0.3, -0.25) is 4.90 Å². The van der Waals surface area contributed by atoms with Crippen molar-refractivity contribution in [1.82, 2.24) is 19.9 Å². The summed E-state index contributed by atoms with van der Waals surface area (Å²) in [7, 11) is 0. The van der Waals surface area contributed by atoms with E-state index in [2.05, 4.69) is 54.3 Å². The van der Waals surface area contributed by atoms with E-state index < -0.39 is 0 Å². The van der Waals surface area contributed by atoms with E-state index >= 15 is 0 Å². The highest BCUT2D eigenvalue weighted by Gasteiger charge is 2.26. The van der Waals surface area contributed by atoms with Gasteiger partial charge in [0.05, 0.1) is 0 Å². The normalized spacial score (nSPS) is 17.8.